The van der Waals surface area contributed by atoms with Crippen LogP contribution in [0.15, 0.2) is 42.5 Å². The van der Waals surface area contributed by atoms with Gasteiger partial charge in [-0.1, -0.05) is 81.4 Å². The molecule has 3 aromatic carbocycles. The minimum Gasteiger partial charge on any atom is -0.507 e. The van der Waals surface area contributed by atoms with Crippen molar-refractivity contribution < 1.29 is 34.0 Å². The Morgan fingerprint density at radius 2 is 1.51 bits per heavy atom. The summed E-state index contributed by atoms with van der Waals surface area (Å²) in [4.78, 5) is 25.1. The lowest BCUT2D eigenvalue weighted by Crippen LogP contribution is -2.42. The molecule has 0 bridgehead atoms. The Labute approximate surface area is 296 Å². The van der Waals surface area contributed by atoms with Crippen LogP contribution in [-0.4, -0.2) is 39.7 Å². The van der Waals surface area contributed by atoms with Gasteiger partial charge in [0.1, 0.15) is 40.6 Å². The second-order valence-corrected chi connectivity index (χ2v) is 16.8. The Kier molecular flexibility index (Phi) is 11.1. The molecule has 1 aliphatic rings. The third kappa shape index (κ3) is 8.72. The van der Waals surface area contributed by atoms with Crippen molar-refractivity contribution in [2.24, 2.45) is 0 Å². The van der Waals surface area contributed by atoms with Crippen LogP contribution < -0.4 is 14.2 Å². The topological polar surface area (TPSA) is 102 Å². The molecule has 2 atom stereocenters. The summed E-state index contributed by atoms with van der Waals surface area (Å²) in [5, 5.41) is 19.3. The molecule has 7 nitrogen and oxygen atoms in total. The van der Waals surface area contributed by atoms with Gasteiger partial charge in [0.05, 0.1) is 5.56 Å². The normalized spacial score (nSPS) is 17.0. The largest absolute Gasteiger partial charge is 0.507 e. The van der Waals surface area contributed by atoms with Crippen molar-refractivity contribution >= 4 is 23.5 Å². The lowest BCUT2D eigenvalue weighted by molar-refractivity contribution is -0.136. The maximum absolute atomic E-state index is 14.0. The average Bonchev–Trinajstić information content (AvgIpc) is 2.99. The first kappa shape index (κ1) is 38.1. The number of phenolic OH excluding ortho intramolecular Hbond substituents is 1. The second-order valence-electron chi connectivity index (χ2n) is 16.3. The van der Waals surface area contributed by atoms with Gasteiger partial charge in [-0.05, 0) is 84.7 Å². The maximum Gasteiger partial charge on any atom is 0.343 e. The van der Waals surface area contributed by atoms with Crippen molar-refractivity contribution in [2.75, 3.05) is 6.61 Å². The molecule has 4 rings (SSSR count). The fourth-order valence-electron chi connectivity index (χ4n) is 6.33. The standard InChI is InChI=1S/C41H53ClO7/c1-23(2)29-21-33-28(16-17-41(11,49-33)22-47-27-14-12-25(13-15-27)18-32(42)37(44)45)34(24(3)4)36(29)48-38(46)26-19-30(39(5,6)7)35(43)31(20-26)40(8,9)10/h12-15,19-21,23-24,32,43H,16-18,22H2,1-11H3,(H,44,45). The summed E-state index contributed by atoms with van der Waals surface area (Å²) >= 11 is 5.90. The highest BCUT2D eigenvalue weighted by Gasteiger charge is 2.37. The lowest BCUT2D eigenvalue weighted by Gasteiger charge is -2.38. The minimum atomic E-state index is -1.04. The molecule has 3 aromatic rings. The highest BCUT2D eigenvalue weighted by molar-refractivity contribution is 6.29. The number of carbonyl (C=O) groups is 2. The number of fused-ring (bicyclic) bond motifs is 1. The number of rotatable bonds is 10. The zero-order valence-electron chi connectivity index (χ0n) is 30.9. The van der Waals surface area contributed by atoms with Crippen LogP contribution >= 0.6 is 11.6 Å². The van der Waals surface area contributed by atoms with Gasteiger partial charge in [0.2, 0.25) is 0 Å². The van der Waals surface area contributed by atoms with Crippen LogP contribution in [0.25, 0.3) is 0 Å². The molecule has 0 saturated heterocycles. The summed E-state index contributed by atoms with van der Waals surface area (Å²) in [6.45, 7) is 22.9. The lowest BCUT2D eigenvalue weighted by atomic mass is 9.78. The van der Waals surface area contributed by atoms with Crippen molar-refractivity contribution in [3.05, 3.63) is 81.4 Å². The summed E-state index contributed by atoms with van der Waals surface area (Å²) in [7, 11) is 0. The van der Waals surface area contributed by atoms with Crippen molar-refractivity contribution in [3.63, 3.8) is 0 Å². The molecule has 0 aliphatic carbocycles. The van der Waals surface area contributed by atoms with E-state index < -0.39 is 22.9 Å². The molecule has 0 amide bonds. The van der Waals surface area contributed by atoms with Crippen LogP contribution in [0.5, 0.6) is 23.0 Å². The fourth-order valence-corrected chi connectivity index (χ4v) is 6.51. The van der Waals surface area contributed by atoms with E-state index in [1.165, 1.54) is 0 Å². The first-order chi connectivity index (χ1) is 22.6. The quantitative estimate of drug-likeness (QED) is 0.124. The smallest absolute Gasteiger partial charge is 0.343 e. The Hall–Kier alpha value is -3.71. The number of hydrogen-bond acceptors (Lipinski definition) is 6. The SMILES string of the molecule is CC(C)c1cc2c(c(C(C)C)c1OC(=O)c1cc(C(C)(C)C)c(O)c(C(C)(C)C)c1)CCC(C)(COc1ccc(CC(Cl)C(=O)O)cc1)O2. The van der Waals surface area contributed by atoms with E-state index in [2.05, 4.69) is 27.7 Å². The van der Waals surface area contributed by atoms with E-state index in [0.717, 1.165) is 34.4 Å². The number of alkyl halides is 1. The summed E-state index contributed by atoms with van der Waals surface area (Å²) in [5.74, 6) is 0.842. The van der Waals surface area contributed by atoms with Crippen molar-refractivity contribution in [2.45, 2.75) is 129 Å². The zero-order chi connectivity index (χ0) is 36.6. The maximum atomic E-state index is 14.0. The van der Waals surface area contributed by atoms with Gasteiger partial charge >= 0.3 is 11.9 Å². The van der Waals surface area contributed by atoms with Crippen molar-refractivity contribution in [1.29, 1.82) is 0 Å². The van der Waals surface area contributed by atoms with Gasteiger partial charge < -0.3 is 24.4 Å². The number of halogens is 1. The monoisotopic (exact) mass is 692 g/mol. The molecular formula is C41H53ClO7. The molecule has 0 saturated carbocycles. The fraction of sp³-hybridized carbons (Fsp3) is 0.512. The van der Waals surface area contributed by atoms with E-state index >= 15 is 0 Å². The molecule has 0 radical (unpaired) electrons. The molecule has 2 unspecified atom stereocenters. The van der Waals surface area contributed by atoms with E-state index in [4.69, 9.17) is 30.9 Å². The average molecular weight is 693 g/mol. The highest BCUT2D eigenvalue weighted by atomic mass is 35.5. The Balaban J connectivity index is 1.65. The first-order valence-electron chi connectivity index (χ1n) is 17.2. The number of carboxylic acid groups (broad SMARTS) is 1. The number of hydrogen-bond donors (Lipinski definition) is 2. The minimum absolute atomic E-state index is 0.0425. The third-order valence-electron chi connectivity index (χ3n) is 9.18. The molecule has 266 valence electrons. The predicted octanol–water partition coefficient (Wildman–Crippen LogP) is 9.85. The number of aromatic hydroxyl groups is 1. The molecule has 0 spiro atoms. The van der Waals surface area contributed by atoms with Crippen LogP contribution in [0.1, 0.15) is 138 Å². The van der Waals surface area contributed by atoms with E-state index in [1.807, 2.05) is 78.8 Å². The Morgan fingerprint density at radius 1 is 0.939 bits per heavy atom. The molecule has 1 heterocycles. The Bertz CT molecular complexity index is 1660. The molecule has 2 N–H and O–H groups in total. The van der Waals surface area contributed by atoms with Gasteiger partial charge in [0.15, 0.2) is 0 Å². The van der Waals surface area contributed by atoms with Gasteiger partial charge in [-0.15, -0.1) is 11.6 Å². The van der Waals surface area contributed by atoms with E-state index in [-0.39, 0.29) is 34.8 Å². The molecule has 0 fully saturated rings. The third-order valence-corrected chi connectivity index (χ3v) is 9.52. The van der Waals surface area contributed by atoms with Gasteiger partial charge in [-0.2, -0.15) is 0 Å². The van der Waals surface area contributed by atoms with Crippen molar-refractivity contribution in [3.8, 4) is 23.0 Å². The zero-order valence-corrected chi connectivity index (χ0v) is 31.7. The number of aliphatic carboxylic acids is 1. The number of phenols is 1. The first-order valence-corrected chi connectivity index (χ1v) is 17.6. The highest BCUT2D eigenvalue weighted by Crippen LogP contribution is 2.47. The number of benzene rings is 3. The van der Waals surface area contributed by atoms with Crippen LogP contribution in [-0.2, 0) is 28.5 Å². The molecule has 0 aromatic heterocycles. The van der Waals surface area contributed by atoms with Gasteiger partial charge in [-0.25, -0.2) is 4.79 Å². The van der Waals surface area contributed by atoms with E-state index in [0.29, 0.717) is 41.2 Å². The van der Waals surface area contributed by atoms with Crippen LogP contribution in [0, 0.1) is 0 Å². The van der Waals surface area contributed by atoms with Gasteiger partial charge in [0.25, 0.3) is 0 Å². The number of carbonyl (C=O) groups excluding carboxylic acids is 1. The number of carboxylic acids is 1. The summed E-state index contributed by atoms with van der Waals surface area (Å²) in [6, 6.07) is 12.8. The summed E-state index contributed by atoms with van der Waals surface area (Å²) < 4.78 is 19.3. The van der Waals surface area contributed by atoms with E-state index in [1.54, 1.807) is 12.1 Å². The molecule has 49 heavy (non-hydrogen) atoms. The molecule has 1 aliphatic heterocycles. The predicted molar refractivity (Wildman–Crippen MR) is 195 cm³/mol. The van der Waals surface area contributed by atoms with Crippen LogP contribution in [0.2, 0.25) is 0 Å². The number of ether oxygens (including phenoxy) is 3. The molecule has 8 heteroatoms. The van der Waals surface area contributed by atoms with Crippen molar-refractivity contribution in [1.82, 2.24) is 0 Å². The Morgan fingerprint density at radius 3 is 2.00 bits per heavy atom. The summed E-state index contributed by atoms with van der Waals surface area (Å²) in [5.41, 5.74) is 4.17. The van der Waals surface area contributed by atoms with Crippen LogP contribution in [0.3, 0.4) is 0 Å². The summed E-state index contributed by atoms with van der Waals surface area (Å²) in [6.07, 6.45) is 1.65. The van der Waals surface area contributed by atoms with Gasteiger partial charge in [0, 0.05) is 27.8 Å². The molecular weight excluding hydrogens is 640 g/mol. The van der Waals surface area contributed by atoms with Gasteiger partial charge in [-0.3, -0.25) is 4.79 Å². The second kappa shape index (κ2) is 14.3. The number of esters is 1. The van der Waals surface area contributed by atoms with Crippen LogP contribution in [0.4, 0.5) is 0 Å². The van der Waals surface area contributed by atoms with E-state index in [9.17, 15) is 14.7 Å².